The van der Waals surface area contributed by atoms with Gasteiger partial charge >= 0.3 is 6.09 Å². The zero-order chi connectivity index (χ0) is 48.7. The lowest BCUT2D eigenvalue weighted by molar-refractivity contribution is -0.132. The molecule has 0 saturated heterocycles. The summed E-state index contributed by atoms with van der Waals surface area (Å²) in [5, 5.41) is 11.8. The number of hydrogen-bond acceptors (Lipinski definition) is 8. The van der Waals surface area contributed by atoms with E-state index in [2.05, 4.69) is 77.6 Å². The molecule has 0 unspecified atom stereocenters. The maximum atomic E-state index is 14.2. The van der Waals surface area contributed by atoms with Gasteiger partial charge in [0.1, 0.15) is 18.7 Å². The van der Waals surface area contributed by atoms with Crippen LogP contribution in [0.2, 0.25) is 5.02 Å². The van der Waals surface area contributed by atoms with Crippen LogP contribution in [0.15, 0.2) is 103 Å². The van der Waals surface area contributed by atoms with Crippen molar-refractivity contribution in [2.45, 2.75) is 104 Å². The first kappa shape index (κ1) is 53.6. The van der Waals surface area contributed by atoms with Crippen LogP contribution in [0.5, 0.6) is 0 Å². The Morgan fingerprint density at radius 3 is 2.13 bits per heavy atom. The second-order valence-corrected chi connectivity index (χ2v) is 17.9. The summed E-state index contributed by atoms with van der Waals surface area (Å²) in [7, 11) is 0. The number of carbonyl (C=O) groups excluding carboxylic acids is 5. The Labute approximate surface area is 401 Å². The molecule has 0 aliphatic carbocycles. The maximum absolute atomic E-state index is 14.2. The van der Waals surface area contributed by atoms with Crippen molar-refractivity contribution in [1.82, 2.24) is 20.9 Å². The number of hydrogen-bond donors (Lipinski definition) is 6. The highest BCUT2D eigenvalue weighted by Gasteiger charge is 2.29. The van der Waals surface area contributed by atoms with Gasteiger partial charge in [-0.05, 0) is 122 Å². The first-order valence-corrected chi connectivity index (χ1v) is 23.7. The first-order chi connectivity index (χ1) is 32.2. The molecule has 14 heteroatoms. The number of alkyl carbamates (subject to hydrolysis) is 1. The molecule has 67 heavy (non-hydrogen) atoms. The molecule has 4 rings (SSSR count). The van der Waals surface area contributed by atoms with Gasteiger partial charge in [-0.2, -0.15) is 0 Å². The Balaban J connectivity index is 1.34. The van der Waals surface area contributed by atoms with E-state index in [4.69, 9.17) is 27.8 Å². The van der Waals surface area contributed by atoms with Crippen LogP contribution >= 0.6 is 11.6 Å². The van der Waals surface area contributed by atoms with Gasteiger partial charge in [-0.1, -0.05) is 118 Å². The minimum atomic E-state index is -0.890. The van der Waals surface area contributed by atoms with Crippen LogP contribution < -0.4 is 32.7 Å². The van der Waals surface area contributed by atoms with E-state index in [1.165, 1.54) is 11.1 Å². The molecule has 0 spiro atoms. The Morgan fingerprint density at radius 1 is 0.761 bits per heavy atom. The van der Waals surface area contributed by atoms with Gasteiger partial charge in [-0.15, -0.1) is 0 Å². The standard InChI is InChI=1S/C53H70ClN7O6/c1-36(2)47(28-24-43-34-44(54)25-23-41(43)15-9-14-39-12-7-6-8-13-39)61(52(65)42-21-17-38(5)18-22-42)33-11-32-57-53(66)67-35-40-19-26-45(27-20-40)58-50(63)46(16-10-30-55)59-51(64)49(37(3)4)60-48(62)29-31-56/h6-8,12-13,17-28,34,36-37,46-47,49H,9-11,14-16,29-33,35,55-56H2,1-5H3,(H,57,66)(H,58,63)(H,59,64)(H,60,62)/b28-24+/t46-,47+,49-/m1/s1. The van der Waals surface area contributed by atoms with Crippen LogP contribution in [0, 0.1) is 18.8 Å². The van der Waals surface area contributed by atoms with Gasteiger partial charge in [-0.25, -0.2) is 4.79 Å². The number of carbonyl (C=O) groups is 5. The molecule has 5 amide bonds. The number of nitrogens with zero attached hydrogens (tertiary/aromatic N) is 1. The van der Waals surface area contributed by atoms with Gasteiger partial charge < -0.3 is 42.4 Å². The highest BCUT2D eigenvalue weighted by molar-refractivity contribution is 6.30. The topological polar surface area (TPSA) is 198 Å². The summed E-state index contributed by atoms with van der Waals surface area (Å²) in [4.78, 5) is 67.6. The van der Waals surface area contributed by atoms with Gasteiger partial charge in [-0.3, -0.25) is 19.2 Å². The summed E-state index contributed by atoms with van der Waals surface area (Å²) in [5.41, 5.74) is 17.5. The van der Waals surface area contributed by atoms with Crippen LogP contribution in [0.4, 0.5) is 10.5 Å². The molecule has 0 aliphatic heterocycles. The van der Waals surface area contributed by atoms with Gasteiger partial charge in [0.05, 0.1) is 6.04 Å². The monoisotopic (exact) mass is 936 g/mol. The molecule has 8 N–H and O–H groups in total. The number of aryl methyl sites for hydroxylation is 3. The summed E-state index contributed by atoms with van der Waals surface area (Å²) in [5.74, 6) is -1.50. The fraction of sp³-hybridized carbons (Fsp3) is 0.415. The molecule has 0 bridgehead atoms. The molecular weight excluding hydrogens is 866 g/mol. The van der Waals surface area contributed by atoms with Gasteiger partial charge in [0, 0.05) is 42.3 Å². The number of benzene rings is 4. The van der Waals surface area contributed by atoms with Crippen molar-refractivity contribution in [3.8, 4) is 0 Å². The number of nitrogens with one attached hydrogen (secondary N) is 4. The summed E-state index contributed by atoms with van der Waals surface area (Å²) < 4.78 is 5.51. The fourth-order valence-electron chi connectivity index (χ4n) is 7.53. The normalized spacial score (nSPS) is 12.6. The van der Waals surface area contributed by atoms with Gasteiger partial charge in [0.25, 0.3) is 5.91 Å². The quantitative estimate of drug-likeness (QED) is 0.0341. The minimum absolute atomic E-state index is 0.0162. The second kappa shape index (κ2) is 28.2. The maximum Gasteiger partial charge on any atom is 0.407 e. The van der Waals surface area contributed by atoms with E-state index in [9.17, 15) is 24.0 Å². The minimum Gasteiger partial charge on any atom is -0.445 e. The molecule has 0 heterocycles. The highest BCUT2D eigenvalue weighted by Crippen LogP contribution is 2.24. The van der Waals surface area contributed by atoms with Crippen molar-refractivity contribution in [1.29, 1.82) is 0 Å². The van der Waals surface area contributed by atoms with Crippen molar-refractivity contribution in [3.05, 3.63) is 142 Å². The predicted molar refractivity (Wildman–Crippen MR) is 268 cm³/mol. The summed E-state index contributed by atoms with van der Waals surface area (Å²) >= 11 is 6.50. The van der Waals surface area contributed by atoms with E-state index < -0.39 is 30.0 Å². The number of rotatable bonds is 26. The van der Waals surface area contributed by atoms with Crippen molar-refractivity contribution >= 4 is 53.1 Å². The number of anilines is 1. The van der Waals surface area contributed by atoms with E-state index in [1.807, 2.05) is 54.3 Å². The SMILES string of the molecule is Cc1ccc(C(=O)N(CCCNC(=O)OCc2ccc(NC(=O)[C@@H](CCCN)NC(=O)[C@H](NC(=O)CCN)C(C)C)cc2)[C@@H](/C=C/c2cc(Cl)ccc2CCCc2ccccc2)C(C)C)cc1. The van der Waals surface area contributed by atoms with Crippen molar-refractivity contribution in [3.63, 3.8) is 0 Å². The highest BCUT2D eigenvalue weighted by atomic mass is 35.5. The van der Waals surface area contributed by atoms with Crippen LogP contribution in [-0.4, -0.2) is 78.9 Å². The fourth-order valence-corrected chi connectivity index (χ4v) is 7.71. The molecule has 0 aromatic heterocycles. The molecule has 0 radical (unpaired) electrons. The van der Waals surface area contributed by atoms with Crippen LogP contribution in [0.25, 0.3) is 6.08 Å². The lowest BCUT2D eigenvalue weighted by atomic mass is 9.96. The van der Waals surface area contributed by atoms with Crippen molar-refractivity contribution < 1.29 is 28.7 Å². The van der Waals surface area contributed by atoms with E-state index >= 15 is 0 Å². The second-order valence-electron chi connectivity index (χ2n) is 17.5. The van der Waals surface area contributed by atoms with Gasteiger partial charge in [0.15, 0.2) is 0 Å². The molecule has 0 fully saturated rings. The number of ether oxygens (including phenoxy) is 1. The zero-order valence-electron chi connectivity index (χ0n) is 39.7. The summed E-state index contributed by atoms with van der Waals surface area (Å²) in [6.07, 6.45) is 7.76. The molecule has 4 aromatic carbocycles. The smallest absolute Gasteiger partial charge is 0.407 e. The molecule has 13 nitrogen and oxygen atoms in total. The predicted octanol–water partition coefficient (Wildman–Crippen LogP) is 7.97. The van der Waals surface area contributed by atoms with E-state index in [-0.39, 0.29) is 55.8 Å². The molecule has 0 saturated carbocycles. The number of halogens is 1. The van der Waals surface area contributed by atoms with E-state index in [0.29, 0.717) is 54.2 Å². The average molecular weight is 937 g/mol. The zero-order valence-corrected chi connectivity index (χ0v) is 40.4. The van der Waals surface area contributed by atoms with Crippen LogP contribution in [0.3, 0.4) is 0 Å². The third-order valence-electron chi connectivity index (χ3n) is 11.3. The van der Waals surface area contributed by atoms with E-state index in [0.717, 1.165) is 30.4 Å². The molecule has 360 valence electrons. The summed E-state index contributed by atoms with van der Waals surface area (Å²) in [6.45, 7) is 10.9. The lowest BCUT2D eigenvalue weighted by Crippen LogP contribution is -2.54. The molecule has 3 atom stereocenters. The van der Waals surface area contributed by atoms with Crippen molar-refractivity contribution in [2.75, 3.05) is 31.5 Å². The number of amides is 5. The molecule has 4 aromatic rings. The molecular formula is C53H70ClN7O6. The number of nitrogens with two attached hydrogens (primary N) is 2. The lowest BCUT2D eigenvalue weighted by Gasteiger charge is -2.33. The van der Waals surface area contributed by atoms with Crippen LogP contribution in [-0.2, 0) is 38.6 Å². The third kappa shape index (κ3) is 18.3. The van der Waals surface area contributed by atoms with E-state index in [1.54, 1.807) is 38.1 Å². The summed E-state index contributed by atoms with van der Waals surface area (Å²) in [6, 6.07) is 28.8. The Kier molecular flexibility index (Phi) is 22.6. The molecule has 0 aliphatic rings. The Hall–Kier alpha value is -6.02. The van der Waals surface area contributed by atoms with Crippen LogP contribution in [0.1, 0.15) is 98.0 Å². The average Bonchev–Trinajstić information content (AvgIpc) is 3.30. The third-order valence-corrected chi connectivity index (χ3v) is 11.6. The van der Waals surface area contributed by atoms with Crippen molar-refractivity contribution in [2.24, 2.45) is 23.3 Å². The Bertz CT molecular complexity index is 2220. The largest absolute Gasteiger partial charge is 0.445 e. The Morgan fingerprint density at radius 2 is 1.48 bits per heavy atom. The van der Waals surface area contributed by atoms with Gasteiger partial charge in [0.2, 0.25) is 17.7 Å². The first-order valence-electron chi connectivity index (χ1n) is 23.4.